The maximum absolute atomic E-state index is 11.0. The third kappa shape index (κ3) is 1.90. The predicted octanol–water partition coefficient (Wildman–Crippen LogP) is -1.66. The Kier molecular flexibility index (Phi) is 2.48. The minimum absolute atomic E-state index is 0.239. The van der Waals surface area contributed by atoms with Gasteiger partial charge in [0, 0.05) is 20.1 Å². The Morgan fingerprint density at radius 2 is 2.36 bits per heavy atom. The molecule has 6 heteroatoms. The van der Waals surface area contributed by atoms with E-state index < -0.39 is 10.2 Å². The Bertz CT molecular complexity index is 226. The van der Waals surface area contributed by atoms with Gasteiger partial charge in [0.2, 0.25) is 0 Å². The zero-order chi connectivity index (χ0) is 8.48. The van der Waals surface area contributed by atoms with E-state index in [0.29, 0.717) is 19.6 Å². The fourth-order valence-electron chi connectivity index (χ4n) is 1.02. The summed E-state index contributed by atoms with van der Waals surface area (Å²) in [6.45, 7) is 1.50. The van der Waals surface area contributed by atoms with Crippen LogP contribution in [0.15, 0.2) is 0 Å². The molecule has 0 aromatic carbocycles. The second kappa shape index (κ2) is 3.06. The second-order valence-electron chi connectivity index (χ2n) is 2.74. The smallest absolute Gasteiger partial charge is 0.279 e. The second-order valence-corrected chi connectivity index (χ2v) is 4.60. The summed E-state index contributed by atoms with van der Waals surface area (Å²) in [6.07, 6.45) is 0. The van der Waals surface area contributed by atoms with Gasteiger partial charge in [-0.2, -0.15) is 12.7 Å². The first-order chi connectivity index (χ1) is 5.06. The number of rotatable bonds is 1. The lowest BCUT2D eigenvalue weighted by Crippen LogP contribution is -2.51. The molecule has 0 saturated carbocycles. The molecule has 1 atom stereocenters. The fraction of sp³-hybridized carbons (Fsp3) is 1.00. The van der Waals surface area contributed by atoms with Crippen molar-refractivity contribution < 1.29 is 8.42 Å². The van der Waals surface area contributed by atoms with Crippen molar-refractivity contribution in [1.29, 1.82) is 0 Å². The van der Waals surface area contributed by atoms with Crippen LogP contribution < -0.4 is 10.5 Å². The van der Waals surface area contributed by atoms with Crippen LogP contribution in [0.5, 0.6) is 0 Å². The topological polar surface area (TPSA) is 75.4 Å². The highest BCUT2D eigenvalue weighted by Crippen LogP contribution is 2.06. The van der Waals surface area contributed by atoms with Crippen molar-refractivity contribution in [3.63, 3.8) is 0 Å². The molecule has 11 heavy (non-hydrogen) atoms. The molecule has 0 radical (unpaired) electrons. The molecule has 66 valence electrons. The Morgan fingerprint density at radius 3 is 2.82 bits per heavy atom. The number of nitrogens with two attached hydrogens (primary N) is 1. The molecule has 5 nitrogen and oxygen atoms in total. The fourth-order valence-corrected chi connectivity index (χ4v) is 2.09. The molecule has 1 aliphatic rings. The molecule has 1 rings (SSSR count). The van der Waals surface area contributed by atoms with Crippen molar-refractivity contribution in [2.75, 3.05) is 26.7 Å². The van der Waals surface area contributed by atoms with Gasteiger partial charge in [0.1, 0.15) is 0 Å². The molecule has 0 bridgehead atoms. The molecule has 1 fully saturated rings. The average Bonchev–Trinajstić information content (AvgIpc) is 1.95. The van der Waals surface area contributed by atoms with Crippen LogP contribution in [-0.2, 0) is 10.2 Å². The molecular weight excluding hydrogens is 166 g/mol. The Labute approximate surface area is 66.7 Å². The maximum atomic E-state index is 11.0. The summed E-state index contributed by atoms with van der Waals surface area (Å²) >= 11 is 0. The molecule has 0 spiro atoms. The summed E-state index contributed by atoms with van der Waals surface area (Å²) in [7, 11) is -1.63. The van der Waals surface area contributed by atoms with E-state index in [-0.39, 0.29) is 5.92 Å². The summed E-state index contributed by atoms with van der Waals surface area (Å²) < 4.78 is 25.7. The van der Waals surface area contributed by atoms with E-state index in [9.17, 15) is 8.42 Å². The molecule has 0 amide bonds. The van der Waals surface area contributed by atoms with Crippen LogP contribution in [0.25, 0.3) is 0 Å². The van der Waals surface area contributed by atoms with Gasteiger partial charge in [0.25, 0.3) is 10.2 Å². The molecule has 1 heterocycles. The molecule has 3 N–H and O–H groups in total. The Morgan fingerprint density at radius 1 is 1.73 bits per heavy atom. The van der Waals surface area contributed by atoms with Crippen LogP contribution in [0.1, 0.15) is 0 Å². The van der Waals surface area contributed by atoms with E-state index in [1.165, 1.54) is 4.31 Å². The lowest BCUT2D eigenvalue weighted by molar-refractivity contribution is 0.347. The van der Waals surface area contributed by atoms with Crippen LogP contribution >= 0.6 is 0 Å². The van der Waals surface area contributed by atoms with Crippen LogP contribution in [0.4, 0.5) is 0 Å². The molecule has 0 aromatic rings. The summed E-state index contributed by atoms with van der Waals surface area (Å²) in [6, 6.07) is 0. The van der Waals surface area contributed by atoms with E-state index in [2.05, 4.69) is 4.72 Å². The van der Waals surface area contributed by atoms with Gasteiger partial charge in [0.15, 0.2) is 0 Å². The minimum atomic E-state index is -3.18. The van der Waals surface area contributed by atoms with Gasteiger partial charge in [-0.3, -0.25) is 0 Å². The molecule has 0 aliphatic carbocycles. The van der Waals surface area contributed by atoms with Crippen LogP contribution in [-0.4, -0.2) is 39.4 Å². The summed E-state index contributed by atoms with van der Waals surface area (Å²) in [4.78, 5) is 0. The maximum Gasteiger partial charge on any atom is 0.279 e. The normalized spacial score (nSPS) is 32.0. The summed E-state index contributed by atoms with van der Waals surface area (Å²) in [5, 5.41) is 0. The first kappa shape index (κ1) is 8.92. The lowest BCUT2D eigenvalue weighted by atomic mass is 10.1. The van der Waals surface area contributed by atoms with E-state index in [1.807, 2.05) is 0 Å². The largest absolute Gasteiger partial charge is 0.330 e. The zero-order valence-electron chi connectivity index (χ0n) is 6.45. The first-order valence-electron chi connectivity index (χ1n) is 3.47. The number of nitrogens with one attached hydrogen (secondary N) is 1. The number of nitrogens with zero attached hydrogens (tertiary/aromatic N) is 1. The van der Waals surface area contributed by atoms with E-state index >= 15 is 0 Å². The molecule has 1 aliphatic heterocycles. The molecule has 1 unspecified atom stereocenters. The Balaban J connectivity index is 2.62. The molecular formula is C5H13N3O2S. The molecule has 1 saturated heterocycles. The van der Waals surface area contributed by atoms with Crippen LogP contribution in [0.3, 0.4) is 0 Å². The van der Waals surface area contributed by atoms with E-state index in [0.717, 1.165) is 0 Å². The van der Waals surface area contributed by atoms with Gasteiger partial charge in [0.05, 0.1) is 0 Å². The zero-order valence-corrected chi connectivity index (χ0v) is 7.26. The standard InChI is InChI=1S/C5H13N3O2S/c1-8-4-5(2-6)3-7-11(8,9)10/h5,7H,2-4,6H2,1H3. The lowest BCUT2D eigenvalue weighted by Gasteiger charge is -2.28. The average molecular weight is 179 g/mol. The predicted molar refractivity (Wildman–Crippen MR) is 42.1 cm³/mol. The van der Waals surface area contributed by atoms with Crippen LogP contribution in [0.2, 0.25) is 0 Å². The first-order valence-corrected chi connectivity index (χ1v) is 4.91. The third-order valence-corrected chi connectivity index (χ3v) is 3.31. The van der Waals surface area contributed by atoms with Gasteiger partial charge >= 0.3 is 0 Å². The number of hydrogen-bond donors (Lipinski definition) is 2. The van der Waals surface area contributed by atoms with Crippen molar-refractivity contribution in [2.45, 2.75) is 0 Å². The summed E-state index contributed by atoms with van der Waals surface area (Å²) in [5.74, 6) is 0.239. The van der Waals surface area contributed by atoms with Gasteiger partial charge in [-0.05, 0) is 12.5 Å². The van der Waals surface area contributed by atoms with E-state index in [4.69, 9.17) is 5.73 Å². The highest BCUT2D eigenvalue weighted by molar-refractivity contribution is 7.87. The van der Waals surface area contributed by atoms with Gasteiger partial charge in [-0.15, -0.1) is 0 Å². The molecule has 0 aromatic heterocycles. The van der Waals surface area contributed by atoms with Gasteiger partial charge < -0.3 is 5.73 Å². The van der Waals surface area contributed by atoms with Crippen molar-refractivity contribution in [2.24, 2.45) is 11.7 Å². The van der Waals surface area contributed by atoms with Crippen LogP contribution in [0, 0.1) is 5.92 Å². The monoisotopic (exact) mass is 179 g/mol. The number of hydrogen-bond acceptors (Lipinski definition) is 3. The highest BCUT2D eigenvalue weighted by Gasteiger charge is 2.26. The summed E-state index contributed by atoms with van der Waals surface area (Å²) in [5.41, 5.74) is 5.39. The van der Waals surface area contributed by atoms with Gasteiger partial charge in [-0.1, -0.05) is 0 Å². The van der Waals surface area contributed by atoms with Crippen molar-refractivity contribution in [3.8, 4) is 0 Å². The highest BCUT2D eigenvalue weighted by atomic mass is 32.2. The van der Waals surface area contributed by atoms with Crippen molar-refractivity contribution in [1.82, 2.24) is 9.03 Å². The SMILES string of the molecule is CN1CC(CN)CNS1(=O)=O. The quantitative estimate of drug-likeness (QED) is 0.506. The minimum Gasteiger partial charge on any atom is -0.330 e. The van der Waals surface area contributed by atoms with Crippen molar-refractivity contribution >= 4 is 10.2 Å². The third-order valence-electron chi connectivity index (χ3n) is 1.81. The van der Waals surface area contributed by atoms with Gasteiger partial charge in [-0.25, -0.2) is 4.72 Å². The van der Waals surface area contributed by atoms with Crippen molar-refractivity contribution in [3.05, 3.63) is 0 Å². The van der Waals surface area contributed by atoms with E-state index in [1.54, 1.807) is 7.05 Å². The Hall–Kier alpha value is -0.170.